The van der Waals surface area contributed by atoms with E-state index in [2.05, 4.69) is 6.92 Å². The third-order valence-electron chi connectivity index (χ3n) is 4.36. The highest BCUT2D eigenvalue weighted by molar-refractivity contribution is 6.07. The minimum atomic E-state index is -0.817. The Kier molecular flexibility index (Phi) is 3.88. The summed E-state index contributed by atoms with van der Waals surface area (Å²) in [5.74, 6) is -1.34. The molecule has 1 aliphatic heterocycles. The second-order valence-corrected chi connectivity index (χ2v) is 5.74. The van der Waals surface area contributed by atoms with Gasteiger partial charge < -0.3 is 14.2 Å². The van der Waals surface area contributed by atoms with Gasteiger partial charge in [0.15, 0.2) is 0 Å². The maximum absolute atomic E-state index is 12.8. The lowest BCUT2D eigenvalue weighted by atomic mass is 10.1. The van der Waals surface area contributed by atoms with E-state index in [-0.39, 0.29) is 5.78 Å². The lowest BCUT2D eigenvalue weighted by Crippen LogP contribution is -2.14. The summed E-state index contributed by atoms with van der Waals surface area (Å²) in [7, 11) is 0. The predicted molar refractivity (Wildman–Crippen MR) is 82.2 cm³/mol. The number of aliphatic carboxylic acids is 1. The van der Waals surface area contributed by atoms with Gasteiger partial charge in [-0.25, -0.2) is 0 Å². The molecule has 1 unspecified atom stereocenters. The van der Waals surface area contributed by atoms with Gasteiger partial charge in [0.1, 0.15) is 0 Å². The van der Waals surface area contributed by atoms with E-state index in [0.717, 1.165) is 25.1 Å². The molecule has 1 aliphatic rings. The van der Waals surface area contributed by atoms with Crippen LogP contribution >= 0.6 is 0 Å². The standard InChI is InChI=1S/C17H20N2O3/c1-2-3-9-18-10-4-5-14(18)16(20)15-7-6-13-12(17(21)22)8-11-19(13)15/h4-7,10,12H,2-3,8-9,11H2,1H3,(H,21,22). The molecule has 1 N–H and O–H groups in total. The SMILES string of the molecule is CCCCn1cccc1C(=O)c1ccc2n1CCC2C(=O)O. The van der Waals surface area contributed by atoms with Crippen molar-refractivity contribution in [1.82, 2.24) is 9.13 Å². The van der Waals surface area contributed by atoms with Gasteiger partial charge in [-0.2, -0.15) is 0 Å². The highest BCUT2D eigenvalue weighted by Gasteiger charge is 2.32. The van der Waals surface area contributed by atoms with Gasteiger partial charge in [-0.05, 0) is 37.1 Å². The zero-order valence-electron chi connectivity index (χ0n) is 12.7. The first-order valence-electron chi connectivity index (χ1n) is 7.75. The maximum atomic E-state index is 12.8. The highest BCUT2D eigenvalue weighted by Crippen LogP contribution is 2.31. The number of carboxylic acids is 1. The molecule has 1 atom stereocenters. The third-order valence-corrected chi connectivity index (χ3v) is 4.36. The van der Waals surface area contributed by atoms with Crippen molar-refractivity contribution in [2.75, 3.05) is 0 Å². The monoisotopic (exact) mass is 300 g/mol. The van der Waals surface area contributed by atoms with Gasteiger partial charge in [0, 0.05) is 25.0 Å². The number of carbonyl (C=O) groups excluding carboxylic acids is 1. The molecule has 3 heterocycles. The summed E-state index contributed by atoms with van der Waals surface area (Å²) in [5, 5.41) is 9.23. The molecule has 0 fully saturated rings. The van der Waals surface area contributed by atoms with Gasteiger partial charge in [-0.1, -0.05) is 13.3 Å². The number of hydrogen-bond donors (Lipinski definition) is 1. The molecule has 0 saturated carbocycles. The fourth-order valence-electron chi connectivity index (χ4n) is 3.17. The van der Waals surface area contributed by atoms with Crippen LogP contribution in [0.5, 0.6) is 0 Å². The number of fused-ring (bicyclic) bond motifs is 1. The van der Waals surface area contributed by atoms with E-state index in [1.54, 1.807) is 12.1 Å². The van der Waals surface area contributed by atoms with Crippen molar-refractivity contribution < 1.29 is 14.7 Å². The Hall–Kier alpha value is -2.30. The van der Waals surface area contributed by atoms with Gasteiger partial charge in [0.2, 0.25) is 5.78 Å². The van der Waals surface area contributed by atoms with Crippen LogP contribution in [-0.4, -0.2) is 26.0 Å². The third kappa shape index (κ3) is 2.36. The van der Waals surface area contributed by atoms with E-state index in [1.165, 1.54) is 0 Å². The van der Waals surface area contributed by atoms with E-state index in [4.69, 9.17) is 0 Å². The first kappa shape index (κ1) is 14.6. The van der Waals surface area contributed by atoms with Gasteiger partial charge >= 0.3 is 5.97 Å². The second-order valence-electron chi connectivity index (χ2n) is 5.74. The fourth-order valence-corrected chi connectivity index (χ4v) is 3.17. The van der Waals surface area contributed by atoms with Crippen molar-refractivity contribution in [1.29, 1.82) is 0 Å². The van der Waals surface area contributed by atoms with Crippen molar-refractivity contribution >= 4 is 11.8 Å². The molecular weight excluding hydrogens is 280 g/mol. The van der Waals surface area contributed by atoms with E-state index in [9.17, 15) is 14.7 Å². The number of rotatable bonds is 6. The van der Waals surface area contributed by atoms with Crippen LogP contribution in [0.3, 0.4) is 0 Å². The average Bonchev–Trinajstić information content (AvgIpc) is 3.19. The number of nitrogens with zero attached hydrogens (tertiary/aromatic N) is 2. The van der Waals surface area contributed by atoms with Crippen molar-refractivity contribution in [2.24, 2.45) is 0 Å². The Morgan fingerprint density at radius 2 is 2.09 bits per heavy atom. The largest absolute Gasteiger partial charge is 0.481 e. The van der Waals surface area contributed by atoms with Crippen LogP contribution in [-0.2, 0) is 17.9 Å². The van der Waals surface area contributed by atoms with Gasteiger partial charge in [0.25, 0.3) is 0 Å². The van der Waals surface area contributed by atoms with Gasteiger partial charge in [0.05, 0.1) is 17.3 Å². The lowest BCUT2D eigenvalue weighted by Gasteiger charge is -2.09. The molecule has 5 heteroatoms. The molecule has 3 rings (SSSR count). The molecule has 22 heavy (non-hydrogen) atoms. The smallest absolute Gasteiger partial charge is 0.312 e. The number of aromatic nitrogens is 2. The zero-order valence-corrected chi connectivity index (χ0v) is 12.7. The Bertz CT molecular complexity index is 711. The molecule has 0 aromatic carbocycles. The number of ketones is 1. The van der Waals surface area contributed by atoms with Crippen molar-refractivity contribution in [3.05, 3.63) is 47.5 Å². The Morgan fingerprint density at radius 1 is 1.27 bits per heavy atom. The summed E-state index contributed by atoms with van der Waals surface area (Å²) >= 11 is 0. The summed E-state index contributed by atoms with van der Waals surface area (Å²) in [6, 6.07) is 7.25. The maximum Gasteiger partial charge on any atom is 0.312 e. The fraction of sp³-hybridized carbons (Fsp3) is 0.412. The van der Waals surface area contributed by atoms with Crippen LogP contribution in [0.15, 0.2) is 30.5 Å². The van der Waals surface area contributed by atoms with Crippen LogP contribution in [0.25, 0.3) is 0 Å². The molecule has 2 aromatic heterocycles. The Labute approximate surface area is 129 Å². The molecule has 2 aromatic rings. The first-order valence-corrected chi connectivity index (χ1v) is 7.75. The van der Waals surface area contributed by atoms with E-state index in [0.29, 0.717) is 24.4 Å². The topological polar surface area (TPSA) is 64.2 Å². The van der Waals surface area contributed by atoms with Crippen molar-refractivity contribution in [3.8, 4) is 0 Å². The molecule has 0 aliphatic carbocycles. The van der Waals surface area contributed by atoms with Crippen LogP contribution in [0, 0.1) is 0 Å². The summed E-state index contributed by atoms with van der Waals surface area (Å²) in [6.07, 6.45) is 4.59. The number of carbonyl (C=O) groups is 2. The first-order chi connectivity index (χ1) is 10.6. The molecule has 0 amide bonds. The molecule has 0 radical (unpaired) electrons. The molecular formula is C17H20N2O3. The average molecular weight is 300 g/mol. The quantitative estimate of drug-likeness (QED) is 0.834. The molecule has 116 valence electrons. The molecule has 0 spiro atoms. The normalized spacial score (nSPS) is 16.7. The Balaban J connectivity index is 1.90. The summed E-state index contributed by atoms with van der Waals surface area (Å²) in [5.41, 5.74) is 2.01. The van der Waals surface area contributed by atoms with Crippen molar-refractivity contribution in [2.45, 2.75) is 45.2 Å². The number of hydrogen-bond acceptors (Lipinski definition) is 2. The van der Waals surface area contributed by atoms with Gasteiger partial charge in [-0.15, -0.1) is 0 Å². The Morgan fingerprint density at radius 3 is 2.82 bits per heavy atom. The predicted octanol–water partition coefficient (Wildman–Crippen LogP) is 2.89. The van der Waals surface area contributed by atoms with Crippen LogP contribution < -0.4 is 0 Å². The van der Waals surface area contributed by atoms with E-state index in [1.807, 2.05) is 27.5 Å². The van der Waals surface area contributed by atoms with E-state index < -0.39 is 11.9 Å². The number of aryl methyl sites for hydroxylation is 1. The molecule has 0 saturated heterocycles. The zero-order chi connectivity index (χ0) is 15.7. The van der Waals surface area contributed by atoms with Crippen LogP contribution in [0.4, 0.5) is 0 Å². The summed E-state index contributed by atoms with van der Waals surface area (Å²) in [4.78, 5) is 24.0. The van der Waals surface area contributed by atoms with Crippen molar-refractivity contribution in [3.63, 3.8) is 0 Å². The van der Waals surface area contributed by atoms with Gasteiger partial charge in [-0.3, -0.25) is 9.59 Å². The molecule has 0 bridgehead atoms. The molecule has 5 nitrogen and oxygen atoms in total. The highest BCUT2D eigenvalue weighted by atomic mass is 16.4. The van der Waals surface area contributed by atoms with Crippen LogP contribution in [0.1, 0.15) is 54.0 Å². The second kappa shape index (κ2) is 5.83. The minimum Gasteiger partial charge on any atom is -0.481 e. The minimum absolute atomic E-state index is 0.0293. The summed E-state index contributed by atoms with van der Waals surface area (Å²) < 4.78 is 3.84. The lowest BCUT2D eigenvalue weighted by molar-refractivity contribution is -0.138. The van der Waals surface area contributed by atoms with Crippen LogP contribution in [0.2, 0.25) is 0 Å². The number of unbranched alkanes of at least 4 members (excludes halogenated alkanes) is 1. The number of carboxylic acid groups (broad SMARTS) is 1. The van der Waals surface area contributed by atoms with E-state index >= 15 is 0 Å². The summed E-state index contributed by atoms with van der Waals surface area (Å²) in [6.45, 7) is 3.54.